The summed E-state index contributed by atoms with van der Waals surface area (Å²) in [5.41, 5.74) is 3.27. The maximum absolute atomic E-state index is 5.78. The third-order valence-corrected chi connectivity index (χ3v) is 3.82. The van der Waals surface area contributed by atoms with Gasteiger partial charge in [0.15, 0.2) is 5.82 Å². The summed E-state index contributed by atoms with van der Waals surface area (Å²) >= 11 is 0. The molecule has 0 saturated carbocycles. The lowest BCUT2D eigenvalue weighted by molar-refractivity contribution is 0.0795. The smallest absolute Gasteiger partial charge is 0.174 e. The minimum absolute atomic E-state index is 0.483. The summed E-state index contributed by atoms with van der Waals surface area (Å²) in [5, 5.41) is 19.3. The number of benzene rings is 2. The van der Waals surface area contributed by atoms with E-state index in [0.29, 0.717) is 6.61 Å². The molecule has 120 valence electrons. The van der Waals surface area contributed by atoms with Crippen molar-refractivity contribution in [3.63, 3.8) is 0 Å². The molecule has 4 aromatic rings. The average molecular weight is 320 g/mol. The van der Waals surface area contributed by atoms with Crippen LogP contribution in [-0.2, 0) is 19.4 Å². The van der Waals surface area contributed by atoms with E-state index in [4.69, 9.17) is 4.84 Å². The first-order valence-corrected chi connectivity index (χ1v) is 7.75. The topological polar surface area (TPSA) is 81.5 Å². The van der Waals surface area contributed by atoms with Crippen LogP contribution in [0.15, 0.2) is 54.7 Å². The summed E-state index contributed by atoms with van der Waals surface area (Å²) in [6.45, 7) is 0.483. The third-order valence-electron chi connectivity index (χ3n) is 3.82. The van der Waals surface area contributed by atoms with Crippen LogP contribution in [0.3, 0.4) is 0 Å². The first-order valence-electron chi connectivity index (χ1n) is 7.75. The van der Waals surface area contributed by atoms with Crippen LogP contribution in [0.2, 0.25) is 0 Å². The van der Waals surface area contributed by atoms with Crippen LogP contribution in [0.1, 0.15) is 17.0 Å². The molecule has 2 heterocycles. The number of aryl methyl sites for hydroxylation is 2. The number of nitrogens with zero attached hydrogens (tertiary/aromatic N) is 5. The van der Waals surface area contributed by atoms with Crippen LogP contribution in [-0.4, -0.2) is 30.6 Å². The van der Waals surface area contributed by atoms with Gasteiger partial charge in [-0.25, -0.2) is 0 Å². The number of hydrogen-bond acceptors (Lipinski definition) is 5. The summed E-state index contributed by atoms with van der Waals surface area (Å²) < 4.78 is 0. The molecule has 0 unspecified atom stereocenters. The van der Waals surface area contributed by atoms with E-state index in [1.165, 1.54) is 5.56 Å². The number of rotatable bonds is 6. The van der Waals surface area contributed by atoms with Gasteiger partial charge in [0.1, 0.15) is 12.1 Å². The average Bonchev–Trinajstić information content (AvgIpc) is 3.28. The zero-order chi connectivity index (χ0) is 16.2. The predicted molar refractivity (Wildman–Crippen MR) is 88.0 cm³/mol. The molecule has 0 bridgehead atoms. The maximum atomic E-state index is 5.78. The Kier molecular flexibility index (Phi) is 3.89. The van der Waals surface area contributed by atoms with E-state index < -0.39 is 0 Å². The van der Waals surface area contributed by atoms with Gasteiger partial charge >= 0.3 is 0 Å². The molecule has 0 fully saturated rings. The molecule has 7 heteroatoms. The Balaban J connectivity index is 1.46. The Hall–Kier alpha value is -3.22. The Morgan fingerprint density at radius 3 is 2.75 bits per heavy atom. The van der Waals surface area contributed by atoms with Crippen molar-refractivity contribution in [1.82, 2.24) is 30.6 Å². The van der Waals surface area contributed by atoms with Gasteiger partial charge in [-0.05, 0) is 29.7 Å². The van der Waals surface area contributed by atoms with Gasteiger partial charge < -0.3 is 4.84 Å². The molecule has 0 spiro atoms. The number of hydrogen-bond donors (Lipinski definition) is 1. The Labute approximate surface area is 138 Å². The van der Waals surface area contributed by atoms with Crippen molar-refractivity contribution in [3.05, 3.63) is 71.7 Å². The highest BCUT2D eigenvalue weighted by molar-refractivity contribution is 5.79. The molecule has 0 aliphatic rings. The molecule has 7 nitrogen and oxygen atoms in total. The molecule has 0 radical (unpaired) electrons. The monoisotopic (exact) mass is 320 g/mol. The molecule has 2 aromatic heterocycles. The van der Waals surface area contributed by atoms with E-state index in [0.717, 1.165) is 35.1 Å². The van der Waals surface area contributed by atoms with Crippen molar-refractivity contribution in [2.45, 2.75) is 19.4 Å². The minimum Gasteiger partial charge on any atom is -0.391 e. The fourth-order valence-electron chi connectivity index (χ4n) is 2.57. The summed E-state index contributed by atoms with van der Waals surface area (Å²) in [6, 6.07) is 16.3. The zero-order valence-corrected chi connectivity index (χ0v) is 13.0. The number of aromatic amines is 1. The van der Waals surface area contributed by atoms with Crippen LogP contribution in [0, 0.1) is 0 Å². The molecule has 4 rings (SSSR count). The van der Waals surface area contributed by atoms with E-state index in [2.05, 4.69) is 37.9 Å². The Morgan fingerprint density at radius 1 is 1.00 bits per heavy atom. The lowest BCUT2D eigenvalue weighted by atomic mass is 10.1. The molecule has 0 aliphatic carbocycles. The third kappa shape index (κ3) is 3.10. The van der Waals surface area contributed by atoms with Gasteiger partial charge in [0.05, 0.1) is 6.20 Å². The van der Waals surface area contributed by atoms with Crippen LogP contribution >= 0.6 is 0 Å². The van der Waals surface area contributed by atoms with Crippen LogP contribution in [0.25, 0.3) is 10.9 Å². The van der Waals surface area contributed by atoms with Crippen LogP contribution in [0.4, 0.5) is 0 Å². The van der Waals surface area contributed by atoms with Crippen LogP contribution in [0.5, 0.6) is 0 Å². The molecular weight excluding hydrogens is 304 g/mol. The second kappa shape index (κ2) is 6.49. The Bertz CT molecular complexity index is 917. The van der Waals surface area contributed by atoms with Crippen molar-refractivity contribution in [2.24, 2.45) is 0 Å². The fourth-order valence-corrected chi connectivity index (χ4v) is 2.57. The second-order valence-corrected chi connectivity index (χ2v) is 5.50. The molecule has 24 heavy (non-hydrogen) atoms. The van der Waals surface area contributed by atoms with Crippen molar-refractivity contribution in [2.75, 3.05) is 0 Å². The molecule has 1 N–H and O–H groups in total. The number of nitrogens with one attached hydrogen (secondary N) is 1. The molecule has 2 aromatic carbocycles. The van der Waals surface area contributed by atoms with Gasteiger partial charge in [-0.15, -0.1) is 15.3 Å². The van der Waals surface area contributed by atoms with Crippen molar-refractivity contribution < 1.29 is 4.84 Å². The van der Waals surface area contributed by atoms with Gasteiger partial charge in [0.2, 0.25) is 0 Å². The fraction of sp³-hybridized carbons (Fsp3) is 0.176. The van der Waals surface area contributed by atoms with Gasteiger partial charge in [-0.1, -0.05) is 46.5 Å². The minimum atomic E-state index is 0.483. The first kappa shape index (κ1) is 14.4. The molecule has 0 aliphatic heterocycles. The number of aromatic nitrogens is 6. The summed E-state index contributed by atoms with van der Waals surface area (Å²) in [5.74, 6) is 0.719. The first-order chi connectivity index (χ1) is 11.9. The molecule has 0 amide bonds. The SMILES string of the molecule is c1ccc(COn2ncc3cc(CCc4nn[nH]n4)ccc32)cc1. The highest BCUT2D eigenvalue weighted by Crippen LogP contribution is 2.16. The van der Waals surface area contributed by atoms with Crippen LogP contribution < -0.4 is 4.84 Å². The van der Waals surface area contributed by atoms with Gasteiger partial charge in [-0.3, -0.25) is 0 Å². The predicted octanol–water partition coefficient (Wildman–Crippen LogP) is 1.96. The van der Waals surface area contributed by atoms with Gasteiger partial charge in [0.25, 0.3) is 0 Å². The van der Waals surface area contributed by atoms with Crippen molar-refractivity contribution >= 4 is 10.9 Å². The van der Waals surface area contributed by atoms with E-state index in [-0.39, 0.29) is 0 Å². The molecule has 0 atom stereocenters. The Morgan fingerprint density at radius 2 is 1.92 bits per heavy atom. The summed E-state index contributed by atoms with van der Waals surface area (Å²) in [4.78, 5) is 7.35. The lowest BCUT2D eigenvalue weighted by Crippen LogP contribution is -2.12. The standard InChI is InChI=1S/C17H16N6O/c1-2-4-14(5-3-1)12-24-23-16-8-6-13(10-15(16)11-18-23)7-9-17-19-21-22-20-17/h1-6,8,10-11H,7,9,12H2,(H,19,20,21,22). The number of fused-ring (bicyclic) bond motifs is 1. The number of tetrazole rings is 1. The highest BCUT2D eigenvalue weighted by atomic mass is 16.7. The van der Waals surface area contributed by atoms with Gasteiger partial charge in [0, 0.05) is 11.8 Å². The van der Waals surface area contributed by atoms with E-state index >= 15 is 0 Å². The normalized spacial score (nSPS) is 11.0. The largest absolute Gasteiger partial charge is 0.391 e. The second-order valence-electron chi connectivity index (χ2n) is 5.50. The van der Waals surface area contributed by atoms with Crippen molar-refractivity contribution in [1.29, 1.82) is 0 Å². The van der Waals surface area contributed by atoms with Crippen molar-refractivity contribution in [3.8, 4) is 0 Å². The van der Waals surface area contributed by atoms with E-state index in [1.807, 2.05) is 42.6 Å². The highest BCUT2D eigenvalue weighted by Gasteiger charge is 2.06. The zero-order valence-electron chi connectivity index (χ0n) is 13.0. The van der Waals surface area contributed by atoms with E-state index in [9.17, 15) is 0 Å². The van der Waals surface area contributed by atoms with E-state index in [1.54, 1.807) is 4.85 Å². The molecule has 0 saturated heterocycles. The van der Waals surface area contributed by atoms with Gasteiger partial charge in [-0.2, -0.15) is 5.21 Å². The maximum Gasteiger partial charge on any atom is 0.174 e. The number of H-pyrrole nitrogens is 1. The summed E-state index contributed by atoms with van der Waals surface area (Å²) in [6.07, 6.45) is 3.42. The lowest BCUT2D eigenvalue weighted by Gasteiger charge is -2.07. The quantitative estimate of drug-likeness (QED) is 0.587. The summed E-state index contributed by atoms with van der Waals surface area (Å²) in [7, 11) is 0. The molecular formula is C17H16N6O.